The number of anilines is 1. The van der Waals surface area contributed by atoms with Crippen LogP contribution in [0, 0.1) is 5.92 Å². The lowest BCUT2D eigenvalue weighted by Gasteiger charge is -2.26. The van der Waals surface area contributed by atoms with Crippen molar-refractivity contribution in [1.82, 2.24) is 4.90 Å². The fraction of sp³-hybridized carbons (Fsp3) is 0.500. The summed E-state index contributed by atoms with van der Waals surface area (Å²) in [4.78, 5) is 25.6. The molecule has 22 heavy (non-hydrogen) atoms. The summed E-state index contributed by atoms with van der Waals surface area (Å²) >= 11 is 0. The molecular weight excluding hydrogens is 302 g/mol. The van der Waals surface area contributed by atoms with Gasteiger partial charge in [0.2, 0.25) is 11.8 Å². The molecule has 0 spiro atoms. The van der Waals surface area contributed by atoms with Crippen molar-refractivity contribution in [2.45, 2.75) is 32.7 Å². The topological polar surface area (TPSA) is 75.4 Å². The summed E-state index contributed by atoms with van der Waals surface area (Å²) in [5.74, 6) is -0.0755. The minimum Gasteiger partial charge on any atom is -0.338 e. The molecule has 1 aliphatic rings. The molecule has 122 valence electrons. The maximum Gasteiger partial charge on any atom is 0.228 e. The van der Waals surface area contributed by atoms with Gasteiger partial charge in [-0.2, -0.15) is 0 Å². The Kier molecular flexibility index (Phi) is 7.35. The molecule has 1 unspecified atom stereocenters. The lowest BCUT2D eigenvalue weighted by atomic mass is 10.1. The zero-order valence-corrected chi connectivity index (χ0v) is 13.7. The summed E-state index contributed by atoms with van der Waals surface area (Å²) in [6, 6.07) is 7.64. The van der Waals surface area contributed by atoms with Crippen LogP contribution in [0.3, 0.4) is 0 Å². The average molecular weight is 326 g/mol. The number of piperidine rings is 1. The minimum absolute atomic E-state index is 0. The predicted molar refractivity (Wildman–Crippen MR) is 89.8 cm³/mol. The third-order valence-corrected chi connectivity index (χ3v) is 3.79. The number of hydrogen-bond donors (Lipinski definition) is 2. The average Bonchev–Trinajstić information content (AvgIpc) is 2.49. The summed E-state index contributed by atoms with van der Waals surface area (Å²) in [7, 11) is 0. The standard InChI is InChI=1S/C16H23N3O2.ClH/c1-12(10-17)16(21)18-14-6-4-5-13(9-14)11-19-8-3-2-7-15(19)20;/h4-6,9,12H,2-3,7-8,10-11,17H2,1H3,(H,18,21);1H. The van der Waals surface area contributed by atoms with E-state index in [4.69, 9.17) is 5.73 Å². The van der Waals surface area contributed by atoms with Crippen molar-refractivity contribution in [2.75, 3.05) is 18.4 Å². The van der Waals surface area contributed by atoms with Crippen molar-refractivity contribution < 1.29 is 9.59 Å². The molecule has 1 saturated heterocycles. The lowest BCUT2D eigenvalue weighted by Crippen LogP contribution is -2.34. The Morgan fingerprint density at radius 3 is 2.86 bits per heavy atom. The predicted octanol–water partition coefficient (Wildman–Crippen LogP) is 2.15. The zero-order valence-electron chi connectivity index (χ0n) is 12.9. The highest BCUT2D eigenvalue weighted by molar-refractivity contribution is 5.92. The molecule has 1 aromatic carbocycles. The van der Waals surface area contributed by atoms with E-state index in [1.807, 2.05) is 29.2 Å². The van der Waals surface area contributed by atoms with Crippen LogP contribution in [0.4, 0.5) is 5.69 Å². The Hall–Kier alpha value is -1.59. The molecule has 1 fully saturated rings. The van der Waals surface area contributed by atoms with Gasteiger partial charge in [0.1, 0.15) is 0 Å². The fourth-order valence-electron chi connectivity index (χ4n) is 2.37. The number of carbonyl (C=O) groups is 2. The lowest BCUT2D eigenvalue weighted by molar-refractivity contribution is -0.133. The van der Waals surface area contributed by atoms with Gasteiger partial charge in [0, 0.05) is 37.7 Å². The van der Waals surface area contributed by atoms with Crippen LogP contribution in [-0.2, 0) is 16.1 Å². The summed E-state index contributed by atoms with van der Waals surface area (Å²) in [5.41, 5.74) is 7.27. The molecule has 0 saturated carbocycles. The first-order valence-corrected chi connectivity index (χ1v) is 7.48. The number of halogens is 1. The van der Waals surface area contributed by atoms with Gasteiger partial charge in [-0.3, -0.25) is 9.59 Å². The largest absolute Gasteiger partial charge is 0.338 e. The van der Waals surface area contributed by atoms with E-state index in [-0.39, 0.29) is 30.1 Å². The second kappa shape index (κ2) is 8.76. The molecule has 2 amide bonds. The van der Waals surface area contributed by atoms with Crippen LogP contribution in [0.1, 0.15) is 31.7 Å². The van der Waals surface area contributed by atoms with Crippen LogP contribution in [0.5, 0.6) is 0 Å². The van der Waals surface area contributed by atoms with Gasteiger partial charge in [0.05, 0.1) is 0 Å². The van der Waals surface area contributed by atoms with Crippen molar-refractivity contribution >= 4 is 29.9 Å². The van der Waals surface area contributed by atoms with Crippen molar-refractivity contribution in [3.63, 3.8) is 0 Å². The smallest absolute Gasteiger partial charge is 0.228 e. The Morgan fingerprint density at radius 1 is 1.41 bits per heavy atom. The molecule has 5 nitrogen and oxygen atoms in total. The second-order valence-corrected chi connectivity index (χ2v) is 5.60. The number of rotatable bonds is 5. The summed E-state index contributed by atoms with van der Waals surface area (Å²) in [6.45, 7) is 3.55. The number of benzene rings is 1. The molecule has 0 aliphatic carbocycles. The highest BCUT2D eigenvalue weighted by atomic mass is 35.5. The normalized spacial score (nSPS) is 15.9. The summed E-state index contributed by atoms with van der Waals surface area (Å²) in [5, 5.41) is 2.86. The van der Waals surface area contributed by atoms with E-state index in [0.29, 0.717) is 19.5 Å². The van der Waals surface area contributed by atoms with E-state index < -0.39 is 0 Å². The van der Waals surface area contributed by atoms with Crippen LogP contribution in [0.2, 0.25) is 0 Å². The van der Waals surface area contributed by atoms with Gasteiger partial charge in [-0.25, -0.2) is 0 Å². The zero-order chi connectivity index (χ0) is 15.2. The molecule has 2 rings (SSSR count). The van der Waals surface area contributed by atoms with Crippen LogP contribution in [0.25, 0.3) is 0 Å². The molecule has 3 N–H and O–H groups in total. The molecule has 1 aliphatic heterocycles. The van der Waals surface area contributed by atoms with Gasteiger partial charge < -0.3 is 16.0 Å². The first kappa shape index (κ1) is 18.5. The Bertz CT molecular complexity index is 522. The molecular formula is C16H24ClN3O2. The van der Waals surface area contributed by atoms with Gasteiger partial charge in [-0.1, -0.05) is 19.1 Å². The first-order chi connectivity index (χ1) is 10.1. The maximum atomic E-state index is 11.8. The minimum atomic E-state index is -0.211. The van der Waals surface area contributed by atoms with Crippen LogP contribution < -0.4 is 11.1 Å². The number of hydrogen-bond acceptors (Lipinski definition) is 3. The van der Waals surface area contributed by atoms with Crippen molar-refractivity contribution in [2.24, 2.45) is 11.7 Å². The molecule has 1 heterocycles. The quantitative estimate of drug-likeness (QED) is 0.871. The van der Waals surface area contributed by atoms with E-state index >= 15 is 0 Å². The third-order valence-electron chi connectivity index (χ3n) is 3.79. The van der Waals surface area contributed by atoms with Crippen molar-refractivity contribution in [1.29, 1.82) is 0 Å². The van der Waals surface area contributed by atoms with E-state index in [2.05, 4.69) is 5.32 Å². The highest BCUT2D eigenvalue weighted by Gasteiger charge is 2.18. The first-order valence-electron chi connectivity index (χ1n) is 7.48. The van der Waals surface area contributed by atoms with Crippen LogP contribution in [0.15, 0.2) is 24.3 Å². The Morgan fingerprint density at radius 2 is 2.18 bits per heavy atom. The van der Waals surface area contributed by atoms with Gasteiger partial charge >= 0.3 is 0 Å². The molecule has 1 aromatic rings. The Labute approximate surface area is 137 Å². The highest BCUT2D eigenvalue weighted by Crippen LogP contribution is 2.17. The SMILES string of the molecule is CC(CN)C(=O)Nc1cccc(CN2CCCCC2=O)c1.Cl. The van der Waals surface area contributed by atoms with Crippen LogP contribution >= 0.6 is 12.4 Å². The molecule has 0 bridgehead atoms. The number of nitrogens with zero attached hydrogens (tertiary/aromatic N) is 1. The van der Waals surface area contributed by atoms with E-state index in [1.54, 1.807) is 6.92 Å². The van der Waals surface area contributed by atoms with Gasteiger partial charge in [0.25, 0.3) is 0 Å². The number of amides is 2. The number of nitrogens with one attached hydrogen (secondary N) is 1. The second-order valence-electron chi connectivity index (χ2n) is 5.60. The molecule has 0 aromatic heterocycles. The number of likely N-dealkylation sites (tertiary alicyclic amines) is 1. The molecule has 0 radical (unpaired) electrons. The van der Waals surface area contributed by atoms with Crippen LogP contribution in [-0.4, -0.2) is 29.8 Å². The fourth-order valence-corrected chi connectivity index (χ4v) is 2.37. The van der Waals surface area contributed by atoms with Gasteiger partial charge in [-0.05, 0) is 30.5 Å². The monoisotopic (exact) mass is 325 g/mol. The van der Waals surface area contributed by atoms with Gasteiger partial charge in [-0.15, -0.1) is 12.4 Å². The van der Waals surface area contributed by atoms with Gasteiger partial charge in [0.15, 0.2) is 0 Å². The van der Waals surface area contributed by atoms with E-state index in [9.17, 15) is 9.59 Å². The molecule has 1 atom stereocenters. The van der Waals surface area contributed by atoms with Crippen molar-refractivity contribution in [3.8, 4) is 0 Å². The third kappa shape index (κ3) is 5.00. The summed E-state index contributed by atoms with van der Waals surface area (Å²) in [6.07, 6.45) is 2.70. The van der Waals surface area contributed by atoms with E-state index in [0.717, 1.165) is 30.6 Å². The Balaban J connectivity index is 0.00000242. The molecule has 6 heteroatoms. The summed E-state index contributed by atoms with van der Waals surface area (Å²) < 4.78 is 0. The van der Waals surface area contributed by atoms with E-state index in [1.165, 1.54) is 0 Å². The van der Waals surface area contributed by atoms with Crippen molar-refractivity contribution in [3.05, 3.63) is 29.8 Å². The number of carbonyl (C=O) groups excluding carboxylic acids is 2. The maximum absolute atomic E-state index is 11.8. The number of nitrogens with two attached hydrogens (primary N) is 1.